The first-order valence-corrected chi connectivity index (χ1v) is 7.69. The third-order valence-corrected chi connectivity index (χ3v) is 3.72. The number of amides is 1. The molecule has 0 saturated carbocycles. The summed E-state index contributed by atoms with van der Waals surface area (Å²) in [7, 11) is 0. The minimum absolute atomic E-state index is 0.143. The molecular weight excluding hydrogens is 343 g/mol. The van der Waals surface area contributed by atoms with E-state index in [1.807, 2.05) is 31.2 Å². The van der Waals surface area contributed by atoms with Gasteiger partial charge in [-0.05, 0) is 42.8 Å². The summed E-state index contributed by atoms with van der Waals surface area (Å²) in [5.74, 6) is -4.59. The van der Waals surface area contributed by atoms with E-state index >= 15 is 0 Å². The monoisotopic (exact) mass is 357 g/mol. The summed E-state index contributed by atoms with van der Waals surface area (Å²) in [5.41, 5.74) is 1.60. The molecule has 0 unspecified atom stereocenters. The molecule has 0 atom stereocenters. The van der Waals surface area contributed by atoms with Crippen LogP contribution in [0.5, 0.6) is 0 Å². The Morgan fingerprint density at radius 2 is 1.69 bits per heavy atom. The normalized spacial score (nSPS) is 10.5. The van der Waals surface area contributed by atoms with Crippen molar-refractivity contribution in [3.05, 3.63) is 83.3 Å². The zero-order chi connectivity index (χ0) is 18.7. The lowest BCUT2D eigenvalue weighted by molar-refractivity contribution is 0.102. The number of anilines is 3. The Morgan fingerprint density at radius 1 is 0.923 bits per heavy atom. The van der Waals surface area contributed by atoms with Gasteiger partial charge in [0.05, 0.1) is 11.3 Å². The lowest BCUT2D eigenvalue weighted by atomic mass is 10.2. The van der Waals surface area contributed by atoms with Crippen molar-refractivity contribution in [2.45, 2.75) is 6.92 Å². The molecule has 0 aliphatic heterocycles. The fraction of sp³-hybridized carbons (Fsp3) is 0.0526. The minimum atomic E-state index is -1.64. The lowest BCUT2D eigenvalue weighted by Crippen LogP contribution is -2.14. The molecule has 26 heavy (non-hydrogen) atoms. The predicted molar refractivity (Wildman–Crippen MR) is 93.0 cm³/mol. The third-order valence-electron chi connectivity index (χ3n) is 3.72. The number of aromatic nitrogens is 1. The van der Waals surface area contributed by atoms with Gasteiger partial charge in [-0.25, -0.2) is 18.2 Å². The third kappa shape index (κ3) is 3.66. The maximum atomic E-state index is 13.6. The van der Waals surface area contributed by atoms with E-state index in [1.165, 1.54) is 12.3 Å². The highest BCUT2D eigenvalue weighted by Gasteiger charge is 2.16. The van der Waals surface area contributed by atoms with Gasteiger partial charge in [0.25, 0.3) is 5.91 Å². The standard InChI is InChI=1S/C19H14F3N3O/c1-11-4-2-3-5-14(11)24-16-9-6-12(10-23-16)19(26)25-15-8-7-13(20)17(21)18(15)22/h2-10H,1H3,(H,23,24)(H,25,26). The average molecular weight is 357 g/mol. The van der Waals surface area contributed by atoms with Gasteiger partial charge in [0, 0.05) is 11.9 Å². The van der Waals surface area contributed by atoms with Crippen LogP contribution in [-0.4, -0.2) is 10.9 Å². The number of hydrogen-bond acceptors (Lipinski definition) is 3. The molecule has 0 saturated heterocycles. The van der Waals surface area contributed by atoms with Crippen molar-refractivity contribution in [2.24, 2.45) is 0 Å². The number of carbonyl (C=O) groups excluding carboxylic acids is 1. The number of hydrogen-bond donors (Lipinski definition) is 2. The predicted octanol–water partition coefficient (Wildman–Crippen LogP) is 4.80. The number of benzene rings is 2. The molecule has 0 spiro atoms. The fourth-order valence-corrected chi connectivity index (χ4v) is 2.27. The molecule has 0 bridgehead atoms. The number of carbonyl (C=O) groups is 1. The summed E-state index contributed by atoms with van der Waals surface area (Å²) in [4.78, 5) is 16.3. The lowest BCUT2D eigenvalue weighted by Gasteiger charge is -2.10. The van der Waals surface area contributed by atoms with Gasteiger partial charge in [-0.3, -0.25) is 4.79 Å². The zero-order valence-corrected chi connectivity index (χ0v) is 13.7. The van der Waals surface area contributed by atoms with Crippen LogP contribution in [0.25, 0.3) is 0 Å². The molecule has 0 aliphatic carbocycles. The molecule has 3 rings (SSSR count). The van der Waals surface area contributed by atoms with E-state index in [2.05, 4.69) is 15.6 Å². The second-order valence-corrected chi connectivity index (χ2v) is 5.55. The summed E-state index contributed by atoms with van der Waals surface area (Å²) < 4.78 is 39.8. The zero-order valence-electron chi connectivity index (χ0n) is 13.7. The van der Waals surface area contributed by atoms with Crippen LogP contribution in [0.1, 0.15) is 15.9 Å². The van der Waals surface area contributed by atoms with Gasteiger partial charge in [0.2, 0.25) is 0 Å². The average Bonchev–Trinajstić information content (AvgIpc) is 2.64. The Morgan fingerprint density at radius 3 is 2.38 bits per heavy atom. The van der Waals surface area contributed by atoms with Crippen molar-refractivity contribution in [1.29, 1.82) is 0 Å². The van der Waals surface area contributed by atoms with E-state index in [0.29, 0.717) is 5.82 Å². The highest BCUT2D eigenvalue weighted by atomic mass is 19.2. The van der Waals surface area contributed by atoms with E-state index in [-0.39, 0.29) is 5.56 Å². The summed E-state index contributed by atoms with van der Waals surface area (Å²) in [6.07, 6.45) is 1.30. The van der Waals surface area contributed by atoms with Crippen LogP contribution in [0.3, 0.4) is 0 Å². The quantitative estimate of drug-likeness (QED) is 0.659. The number of nitrogens with zero attached hydrogens (tertiary/aromatic N) is 1. The first kappa shape index (κ1) is 17.5. The molecule has 2 aromatic carbocycles. The van der Waals surface area contributed by atoms with Crippen molar-refractivity contribution < 1.29 is 18.0 Å². The first-order valence-electron chi connectivity index (χ1n) is 7.69. The smallest absolute Gasteiger partial charge is 0.257 e. The summed E-state index contributed by atoms with van der Waals surface area (Å²) in [6.45, 7) is 1.94. The van der Waals surface area contributed by atoms with Crippen molar-refractivity contribution in [3.8, 4) is 0 Å². The summed E-state index contributed by atoms with van der Waals surface area (Å²) in [6, 6.07) is 12.4. The Bertz CT molecular complexity index is 959. The van der Waals surface area contributed by atoms with Gasteiger partial charge in [-0.1, -0.05) is 18.2 Å². The summed E-state index contributed by atoms with van der Waals surface area (Å²) in [5, 5.41) is 5.31. The SMILES string of the molecule is Cc1ccccc1Nc1ccc(C(=O)Nc2ccc(F)c(F)c2F)cn1. The molecular formula is C19H14F3N3O. The Kier molecular flexibility index (Phi) is 4.88. The number of rotatable bonds is 4. The number of para-hydroxylation sites is 1. The minimum Gasteiger partial charge on any atom is -0.340 e. The molecule has 0 aliphatic rings. The molecule has 4 nitrogen and oxygen atoms in total. The topological polar surface area (TPSA) is 54.0 Å². The van der Waals surface area contributed by atoms with Gasteiger partial charge >= 0.3 is 0 Å². The van der Waals surface area contributed by atoms with Crippen LogP contribution >= 0.6 is 0 Å². The second kappa shape index (κ2) is 7.26. The molecule has 2 N–H and O–H groups in total. The van der Waals surface area contributed by atoms with Gasteiger partial charge in [-0.15, -0.1) is 0 Å². The largest absolute Gasteiger partial charge is 0.340 e. The molecule has 1 aromatic heterocycles. The van der Waals surface area contributed by atoms with E-state index in [9.17, 15) is 18.0 Å². The highest BCUT2D eigenvalue weighted by molar-refractivity contribution is 6.04. The van der Waals surface area contributed by atoms with Crippen LogP contribution < -0.4 is 10.6 Å². The fourth-order valence-electron chi connectivity index (χ4n) is 2.27. The van der Waals surface area contributed by atoms with E-state index in [1.54, 1.807) is 6.07 Å². The maximum absolute atomic E-state index is 13.6. The molecule has 3 aromatic rings. The van der Waals surface area contributed by atoms with E-state index in [0.717, 1.165) is 23.4 Å². The van der Waals surface area contributed by atoms with Gasteiger partial charge in [0.1, 0.15) is 5.82 Å². The molecule has 1 heterocycles. The van der Waals surface area contributed by atoms with Crippen LogP contribution in [0.4, 0.5) is 30.4 Å². The van der Waals surface area contributed by atoms with E-state index in [4.69, 9.17) is 0 Å². The molecule has 0 radical (unpaired) electrons. The van der Waals surface area contributed by atoms with Crippen LogP contribution in [0, 0.1) is 24.4 Å². The summed E-state index contributed by atoms with van der Waals surface area (Å²) >= 11 is 0. The van der Waals surface area contributed by atoms with Crippen molar-refractivity contribution >= 4 is 23.1 Å². The van der Waals surface area contributed by atoms with Gasteiger partial charge in [-0.2, -0.15) is 0 Å². The van der Waals surface area contributed by atoms with Crippen LogP contribution in [-0.2, 0) is 0 Å². The number of pyridine rings is 1. The molecule has 1 amide bonds. The Hall–Kier alpha value is -3.35. The molecule has 132 valence electrons. The van der Waals surface area contributed by atoms with Crippen LogP contribution in [0.15, 0.2) is 54.7 Å². The van der Waals surface area contributed by atoms with Gasteiger partial charge in [0.15, 0.2) is 17.5 Å². The number of aryl methyl sites for hydroxylation is 1. The van der Waals surface area contributed by atoms with Crippen molar-refractivity contribution in [2.75, 3.05) is 10.6 Å². The maximum Gasteiger partial charge on any atom is 0.257 e. The number of nitrogens with one attached hydrogen (secondary N) is 2. The second-order valence-electron chi connectivity index (χ2n) is 5.55. The highest BCUT2D eigenvalue weighted by Crippen LogP contribution is 2.21. The number of halogens is 3. The van der Waals surface area contributed by atoms with E-state index < -0.39 is 29.0 Å². The molecule has 7 heteroatoms. The van der Waals surface area contributed by atoms with Gasteiger partial charge < -0.3 is 10.6 Å². The first-order chi connectivity index (χ1) is 12.5. The van der Waals surface area contributed by atoms with Crippen molar-refractivity contribution in [3.63, 3.8) is 0 Å². The Balaban J connectivity index is 1.73. The Labute approximate surface area is 147 Å². The van der Waals surface area contributed by atoms with Crippen LogP contribution in [0.2, 0.25) is 0 Å². The van der Waals surface area contributed by atoms with Crippen molar-refractivity contribution in [1.82, 2.24) is 4.98 Å². The molecule has 0 fully saturated rings.